The van der Waals surface area contributed by atoms with Crippen molar-refractivity contribution >= 4 is 37.3 Å². The van der Waals surface area contributed by atoms with Crippen LogP contribution < -0.4 is 4.80 Å². The molecule has 0 N–H and O–H groups in total. The van der Waals surface area contributed by atoms with E-state index in [9.17, 15) is 17.6 Å². The van der Waals surface area contributed by atoms with Crippen molar-refractivity contribution in [3.63, 3.8) is 0 Å². The van der Waals surface area contributed by atoms with Crippen molar-refractivity contribution in [3.05, 3.63) is 58.6 Å². The summed E-state index contributed by atoms with van der Waals surface area (Å²) in [5.41, 5.74) is 1.72. The fraction of sp³-hybridized carbons (Fsp3) is 0.222. The second-order valence-electron chi connectivity index (χ2n) is 5.94. The summed E-state index contributed by atoms with van der Waals surface area (Å²) in [7, 11) is -1.81. The maximum absolute atomic E-state index is 13.3. The standard InChI is InChI=1S/C18H17FN2O3S2/c1-12-3-6-14(7-4-12)26(23,24)10-9-17(22)20-18-21(2)15-8-5-13(19)11-16(15)25-18/h3-8,11H,9-10H2,1-2H3. The summed E-state index contributed by atoms with van der Waals surface area (Å²) in [5.74, 6) is -1.19. The first kappa shape index (κ1) is 18.5. The lowest BCUT2D eigenvalue weighted by atomic mass is 10.2. The molecule has 5 nitrogen and oxygen atoms in total. The van der Waals surface area contributed by atoms with Gasteiger partial charge in [0.1, 0.15) is 5.82 Å². The zero-order valence-corrected chi connectivity index (χ0v) is 15.9. The number of sulfone groups is 1. The van der Waals surface area contributed by atoms with E-state index in [1.165, 1.54) is 35.6 Å². The predicted octanol–water partition coefficient (Wildman–Crippen LogP) is 2.98. The highest BCUT2D eigenvalue weighted by Gasteiger charge is 2.16. The van der Waals surface area contributed by atoms with Gasteiger partial charge in [-0.2, -0.15) is 4.99 Å². The third-order valence-corrected chi connectivity index (χ3v) is 6.78. The van der Waals surface area contributed by atoms with Crippen LogP contribution in [-0.2, 0) is 21.7 Å². The third kappa shape index (κ3) is 3.91. The maximum Gasteiger partial charge on any atom is 0.249 e. The highest BCUT2D eigenvalue weighted by atomic mass is 32.2. The van der Waals surface area contributed by atoms with Gasteiger partial charge < -0.3 is 4.57 Å². The summed E-state index contributed by atoms with van der Waals surface area (Å²) in [6.45, 7) is 1.87. The summed E-state index contributed by atoms with van der Waals surface area (Å²) in [5, 5.41) is 0. The van der Waals surface area contributed by atoms with E-state index in [2.05, 4.69) is 4.99 Å². The zero-order chi connectivity index (χ0) is 18.9. The van der Waals surface area contributed by atoms with Crippen molar-refractivity contribution in [3.8, 4) is 0 Å². The van der Waals surface area contributed by atoms with Crippen LogP contribution in [0.4, 0.5) is 4.39 Å². The smallest absolute Gasteiger partial charge is 0.249 e. The fourth-order valence-corrected chi connectivity index (χ4v) is 4.75. The summed E-state index contributed by atoms with van der Waals surface area (Å²) in [4.78, 5) is 16.7. The first-order chi connectivity index (χ1) is 12.3. The Labute approximate surface area is 154 Å². The minimum Gasteiger partial charge on any atom is -0.319 e. The minimum atomic E-state index is -3.54. The van der Waals surface area contributed by atoms with Crippen molar-refractivity contribution in [1.29, 1.82) is 0 Å². The number of aromatic nitrogens is 1. The van der Waals surface area contributed by atoms with Gasteiger partial charge in [0.15, 0.2) is 14.6 Å². The lowest BCUT2D eigenvalue weighted by molar-refractivity contribution is -0.117. The van der Waals surface area contributed by atoms with E-state index >= 15 is 0 Å². The fourth-order valence-electron chi connectivity index (χ4n) is 2.46. The van der Waals surface area contributed by atoms with Gasteiger partial charge in [-0.25, -0.2) is 12.8 Å². The lowest BCUT2D eigenvalue weighted by Crippen LogP contribution is -2.15. The number of hydrogen-bond acceptors (Lipinski definition) is 4. The molecule has 0 unspecified atom stereocenters. The second-order valence-corrected chi connectivity index (χ2v) is 9.06. The van der Waals surface area contributed by atoms with E-state index in [1.807, 2.05) is 6.92 Å². The maximum atomic E-state index is 13.3. The van der Waals surface area contributed by atoms with Gasteiger partial charge in [0.2, 0.25) is 5.91 Å². The summed E-state index contributed by atoms with van der Waals surface area (Å²) >= 11 is 1.18. The van der Waals surface area contributed by atoms with Gasteiger partial charge in [0.25, 0.3) is 0 Å². The number of aryl methyl sites for hydroxylation is 2. The third-order valence-electron chi connectivity index (χ3n) is 3.96. The predicted molar refractivity (Wildman–Crippen MR) is 99.2 cm³/mol. The molecule has 0 saturated carbocycles. The Kier molecular flexibility index (Phi) is 5.06. The Morgan fingerprint density at radius 2 is 1.88 bits per heavy atom. The quantitative estimate of drug-likeness (QED) is 0.685. The van der Waals surface area contributed by atoms with E-state index in [0.29, 0.717) is 9.50 Å². The van der Waals surface area contributed by atoms with Gasteiger partial charge >= 0.3 is 0 Å². The van der Waals surface area contributed by atoms with Crippen LogP contribution in [0.2, 0.25) is 0 Å². The van der Waals surface area contributed by atoms with Crippen LogP contribution in [-0.4, -0.2) is 24.6 Å². The first-order valence-corrected chi connectivity index (χ1v) is 10.4. The number of carbonyl (C=O) groups is 1. The Morgan fingerprint density at radius 1 is 1.19 bits per heavy atom. The number of benzene rings is 2. The van der Waals surface area contributed by atoms with E-state index in [0.717, 1.165) is 11.1 Å². The van der Waals surface area contributed by atoms with Gasteiger partial charge in [-0.1, -0.05) is 29.0 Å². The van der Waals surface area contributed by atoms with Crippen molar-refractivity contribution in [2.45, 2.75) is 18.2 Å². The number of hydrogen-bond donors (Lipinski definition) is 0. The Morgan fingerprint density at radius 3 is 2.58 bits per heavy atom. The van der Waals surface area contributed by atoms with E-state index in [1.54, 1.807) is 29.8 Å². The number of nitrogens with zero attached hydrogens (tertiary/aromatic N) is 2. The van der Waals surface area contributed by atoms with Crippen LogP contribution in [0.25, 0.3) is 10.2 Å². The highest BCUT2D eigenvalue weighted by Crippen LogP contribution is 2.18. The molecule has 0 aliphatic rings. The van der Waals surface area contributed by atoms with Crippen molar-refractivity contribution in [1.82, 2.24) is 4.57 Å². The molecule has 2 aromatic carbocycles. The molecule has 3 aromatic rings. The molecule has 1 aromatic heterocycles. The van der Waals surface area contributed by atoms with E-state index in [-0.39, 0.29) is 22.9 Å². The topological polar surface area (TPSA) is 68.5 Å². The molecule has 3 rings (SSSR count). The van der Waals surface area contributed by atoms with Crippen molar-refractivity contribution < 1.29 is 17.6 Å². The Hall–Kier alpha value is -2.32. The van der Waals surface area contributed by atoms with Crippen LogP contribution in [0.3, 0.4) is 0 Å². The number of fused-ring (bicyclic) bond motifs is 1. The molecule has 136 valence electrons. The van der Waals surface area contributed by atoms with Gasteiger partial charge in [-0.05, 0) is 37.3 Å². The van der Waals surface area contributed by atoms with Crippen LogP contribution >= 0.6 is 11.3 Å². The largest absolute Gasteiger partial charge is 0.319 e. The number of carbonyl (C=O) groups excluding carboxylic acids is 1. The molecule has 0 saturated heterocycles. The molecule has 0 aliphatic heterocycles. The average Bonchev–Trinajstić information content (AvgIpc) is 2.88. The number of halogens is 1. The molecule has 0 radical (unpaired) electrons. The first-order valence-electron chi connectivity index (χ1n) is 7.88. The van der Waals surface area contributed by atoms with Gasteiger partial charge in [-0.3, -0.25) is 4.79 Å². The molecule has 0 bridgehead atoms. The number of rotatable bonds is 4. The van der Waals surface area contributed by atoms with Crippen molar-refractivity contribution in [2.75, 3.05) is 5.75 Å². The van der Waals surface area contributed by atoms with Crippen LogP contribution in [0.15, 0.2) is 52.4 Å². The molecular formula is C18H17FN2O3S2. The molecule has 8 heteroatoms. The molecule has 0 atom stereocenters. The molecule has 0 aliphatic carbocycles. The number of amides is 1. The molecule has 26 heavy (non-hydrogen) atoms. The number of thiazole rings is 1. The van der Waals surface area contributed by atoms with Gasteiger partial charge in [0, 0.05) is 13.5 Å². The normalized spacial score (nSPS) is 12.7. The minimum absolute atomic E-state index is 0.193. The van der Waals surface area contributed by atoms with Crippen molar-refractivity contribution in [2.24, 2.45) is 12.0 Å². The molecule has 1 amide bonds. The Bertz CT molecular complexity index is 1140. The summed E-state index contributed by atoms with van der Waals surface area (Å²) < 4.78 is 40.3. The van der Waals surface area contributed by atoms with Crippen LogP contribution in [0.5, 0.6) is 0 Å². The second kappa shape index (κ2) is 7.13. The zero-order valence-electron chi connectivity index (χ0n) is 14.3. The molecule has 0 fully saturated rings. The average molecular weight is 392 g/mol. The monoisotopic (exact) mass is 392 g/mol. The summed E-state index contributed by atoms with van der Waals surface area (Å²) in [6, 6.07) is 10.8. The van der Waals surface area contributed by atoms with E-state index < -0.39 is 15.7 Å². The SMILES string of the molecule is Cc1ccc(S(=O)(=O)CCC(=O)N=c2sc3cc(F)ccc3n2C)cc1. The van der Waals surface area contributed by atoms with Gasteiger partial charge in [0.05, 0.1) is 20.9 Å². The van der Waals surface area contributed by atoms with Gasteiger partial charge in [-0.15, -0.1) is 0 Å². The Balaban J connectivity index is 1.79. The van der Waals surface area contributed by atoms with Crippen LogP contribution in [0.1, 0.15) is 12.0 Å². The molecular weight excluding hydrogens is 375 g/mol. The van der Waals surface area contributed by atoms with Crippen LogP contribution in [0, 0.1) is 12.7 Å². The van der Waals surface area contributed by atoms with E-state index in [4.69, 9.17) is 0 Å². The molecule has 1 heterocycles. The highest BCUT2D eigenvalue weighted by molar-refractivity contribution is 7.91. The molecule has 0 spiro atoms. The lowest BCUT2D eigenvalue weighted by Gasteiger charge is -2.03. The summed E-state index contributed by atoms with van der Waals surface area (Å²) in [6.07, 6.45) is -0.210.